The van der Waals surface area contributed by atoms with E-state index in [0.29, 0.717) is 48.7 Å². The number of carbonyl (C=O) groups is 1. The molecule has 0 radical (unpaired) electrons. The Labute approximate surface area is 267 Å². The molecule has 44 heavy (non-hydrogen) atoms. The third-order valence-corrected chi connectivity index (χ3v) is 9.59. The molecule has 0 saturated heterocycles. The zero-order chi connectivity index (χ0) is 32.3. The maximum Gasteiger partial charge on any atom is 0.407 e. The second-order valence-corrected chi connectivity index (χ2v) is 21.2. The lowest BCUT2D eigenvalue weighted by Crippen LogP contribution is -2.33. The predicted octanol–water partition coefficient (Wildman–Crippen LogP) is 5.02. The van der Waals surface area contributed by atoms with Crippen molar-refractivity contribution in [1.82, 2.24) is 34.4 Å². The summed E-state index contributed by atoms with van der Waals surface area (Å²) in [6, 6.07) is 7.00. The number of amides is 1. The SMILES string of the molecule is CC(C)(C)OC(=O)NCCCc1cccc2nc(CNc3nc(S(C)(=O)=O)nc4c(Br)cnn34)n(COCC[Si](C)(C)C)c12. The maximum absolute atomic E-state index is 12.3. The van der Waals surface area contributed by atoms with E-state index >= 15 is 0 Å². The highest BCUT2D eigenvalue weighted by Gasteiger charge is 2.21. The Hall–Kier alpha value is -3.08. The average molecular weight is 710 g/mol. The highest BCUT2D eigenvalue weighted by Crippen LogP contribution is 2.24. The number of hydrogen-bond donors (Lipinski definition) is 2. The summed E-state index contributed by atoms with van der Waals surface area (Å²) < 4.78 is 40.2. The minimum absolute atomic E-state index is 0.216. The molecule has 1 aromatic carbocycles. The fourth-order valence-corrected chi connectivity index (χ4v) is 5.98. The molecule has 4 aromatic rings. The molecule has 240 valence electrons. The molecule has 13 nitrogen and oxygen atoms in total. The number of rotatable bonds is 13. The number of aromatic nitrogens is 6. The number of carbonyl (C=O) groups excluding carboxylic acids is 1. The highest BCUT2D eigenvalue weighted by atomic mass is 79.9. The van der Waals surface area contributed by atoms with Gasteiger partial charge in [0.05, 0.1) is 28.2 Å². The van der Waals surface area contributed by atoms with Gasteiger partial charge in [-0.05, 0) is 67.2 Å². The number of imidazole rings is 1. The second kappa shape index (κ2) is 13.5. The van der Waals surface area contributed by atoms with Gasteiger partial charge < -0.3 is 24.7 Å². The Morgan fingerprint density at radius 2 is 1.89 bits per heavy atom. The van der Waals surface area contributed by atoms with Crippen LogP contribution in [0.15, 0.2) is 34.0 Å². The van der Waals surface area contributed by atoms with E-state index in [1.54, 1.807) is 0 Å². The van der Waals surface area contributed by atoms with Gasteiger partial charge in [0.15, 0.2) is 5.65 Å². The van der Waals surface area contributed by atoms with Crippen LogP contribution in [0.3, 0.4) is 0 Å². The molecular formula is C28H41BrN8O5SSi. The van der Waals surface area contributed by atoms with Crippen molar-refractivity contribution in [2.24, 2.45) is 0 Å². The van der Waals surface area contributed by atoms with Crippen molar-refractivity contribution >= 4 is 62.6 Å². The standard InChI is InChI=1S/C28H41BrN8O5SSi/c1-28(2,3)42-27(38)30-13-9-11-19-10-8-12-21-23(19)36(18-41-14-15-44(5,6)7)22(33-21)17-31-25-35-26(43(4,39)40)34-24-20(29)16-32-37(24)25/h8,10,12,16H,9,11,13-15,17-18H2,1-7H3,(H,30,38)(H,31,34,35). The number of aryl methyl sites for hydroxylation is 1. The summed E-state index contributed by atoms with van der Waals surface area (Å²) in [5.74, 6) is 0.902. The van der Waals surface area contributed by atoms with E-state index in [0.717, 1.165) is 28.9 Å². The largest absolute Gasteiger partial charge is 0.444 e. The number of ether oxygens (including phenoxy) is 2. The molecule has 3 heterocycles. The van der Waals surface area contributed by atoms with Gasteiger partial charge in [-0.2, -0.15) is 19.6 Å². The summed E-state index contributed by atoms with van der Waals surface area (Å²) in [7, 11) is -4.97. The summed E-state index contributed by atoms with van der Waals surface area (Å²) in [6.07, 6.45) is 3.56. The molecule has 3 aromatic heterocycles. The molecule has 0 unspecified atom stereocenters. The van der Waals surface area contributed by atoms with E-state index in [2.05, 4.69) is 67.3 Å². The number of anilines is 1. The van der Waals surface area contributed by atoms with Gasteiger partial charge in [0.2, 0.25) is 15.8 Å². The van der Waals surface area contributed by atoms with Crippen LogP contribution < -0.4 is 10.6 Å². The fourth-order valence-electron chi connectivity index (χ4n) is 4.37. The first-order chi connectivity index (χ1) is 20.5. The van der Waals surface area contributed by atoms with Crippen LogP contribution in [0.25, 0.3) is 16.7 Å². The minimum atomic E-state index is -3.68. The first-order valence-corrected chi connectivity index (χ1v) is 20.8. The minimum Gasteiger partial charge on any atom is -0.444 e. The van der Waals surface area contributed by atoms with Gasteiger partial charge in [0.25, 0.3) is 5.16 Å². The van der Waals surface area contributed by atoms with Crippen LogP contribution in [0, 0.1) is 0 Å². The van der Waals surface area contributed by atoms with Gasteiger partial charge >= 0.3 is 6.09 Å². The summed E-state index contributed by atoms with van der Waals surface area (Å²) >= 11 is 3.38. The van der Waals surface area contributed by atoms with Gasteiger partial charge in [0, 0.05) is 27.5 Å². The van der Waals surface area contributed by atoms with Crippen LogP contribution in [0.4, 0.5) is 10.7 Å². The van der Waals surface area contributed by atoms with E-state index in [1.165, 1.54) is 10.7 Å². The number of alkyl carbamates (subject to hydrolysis) is 1. The first-order valence-electron chi connectivity index (χ1n) is 14.4. The molecule has 0 aliphatic carbocycles. The van der Waals surface area contributed by atoms with Gasteiger partial charge in [-0.25, -0.2) is 18.2 Å². The zero-order valence-corrected chi connectivity index (χ0v) is 29.7. The molecule has 2 N–H and O–H groups in total. The van der Waals surface area contributed by atoms with Crippen LogP contribution in [0.1, 0.15) is 38.6 Å². The van der Waals surface area contributed by atoms with Crippen LogP contribution in [0.2, 0.25) is 25.7 Å². The van der Waals surface area contributed by atoms with Crippen molar-refractivity contribution in [3.8, 4) is 0 Å². The van der Waals surface area contributed by atoms with E-state index in [1.807, 2.05) is 37.5 Å². The summed E-state index contributed by atoms with van der Waals surface area (Å²) in [4.78, 5) is 25.4. The number of nitrogens with one attached hydrogen (secondary N) is 2. The number of para-hydroxylation sites is 1. The van der Waals surface area contributed by atoms with E-state index in [-0.39, 0.29) is 17.6 Å². The zero-order valence-electron chi connectivity index (χ0n) is 26.3. The smallest absolute Gasteiger partial charge is 0.407 e. The van der Waals surface area contributed by atoms with Crippen molar-refractivity contribution in [1.29, 1.82) is 0 Å². The third kappa shape index (κ3) is 8.98. The van der Waals surface area contributed by atoms with Crippen molar-refractivity contribution in [2.45, 2.75) is 83.3 Å². The number of hydrogen-bond acceptors (Lipinski definition) is 10. The lowest BCUT2D eigenvalue weighted by atomic mass is 10.1. The normalized spacial score (nSPS) is 12.6. The van der Waals surface area contributed by atoms with Gasteiger partial charge in [0.1, 0.15) is 18.2 Å². The van der Waals surface area contributed by atoms with Crippen LogP contribution in [0.5, 0.6) is 0 Å². The summed E-state index contributed by atoms with van der Waals surface area (Å²) in [5.41, 5.74) is 2.59. The maximum atomic E-state index is 12.3. The molecule has 16 heteroatoms. The lowest BCUT2D eigenvalue weighted by molar-refractivity contribution is 0.0527. The van der Waals surface area contributed by atoms with Crippen LogP contribution >= 0.6 is 15.9 Å². The summed E-state index contributed by atoms with van der Waals surface area (Å²) in [6.45, 7) is 14.0. The number of benzene rings is 1. The molecule has 1 amide bonds. The van der Waals surface area contributed by atoms with Gasteiger partial charge in [-0.1, -0.05) is 31.8 Å². The topological polar surface area (TPSA) is 155 Å². The van der Waals surface area contributed by atoms with Crippen molar-refractivity contribution in [3.63, 3.8) is 0 Å². The monoisotopic (exact) mass is 708 g/mol. The molecular weight excluding hydrogens is 668 g/mol. The number of halogens is 1. The Kier molecular flexibility index (Phi) is 10.4. The highest BCUT2D eigenvalue weighted by molar-refractivity contribution is 9.10. The van der Waals surface area contributed by atoms with Crippen molar-refractivity contribution in [2.75, 3.05) is 24.7 Å². The average Bonchev–Trinajstić information content (AvgIpc) is 3.46. The van der Waals surface area contributed by atoms with Gasteiger partial charge in [-0.3, -0.25) is 0 Å². The van der Waals surface area contributed by atoms with E-state index in [9.17, 15) is 13.2 Å². The van der Waals surface area contributed by atoms with Crippen molar-refractivity contribution in [3.05, 3.63) is 40.3 Å². The molecule has 0 fully saturated rings. The Bertz CT molecular complexity index is 1740. The molecule has 0 spiro atoms. The molecule has 4 rings (SSSR count). The molecule has 0 atom stereocenters. The second-order valence-electron chi connectivity index (χ2n) is 12.8. The van der Waals surface area contributed by atoms with E-state index in [4.69, 9.17) is 14.5 Å². The van der Waals surface area contributed by atoms with Crippen molar-refractivity contribution < 1.29 is 22.7 Å². The van der Waals surface area contributed by atoms with Crippen LogP contribution in [-0.2, 0) is 39.0 Å². The fraction of sp³-hybridized carbons (Fsp3) is 0.536. The lowest BCUT2D eigenvalue weighted by Gasteiger charge is -2.19. The Morgan fingerprint density at radius 1 is 1.14 bits per heavy atom. The first kappa shape index (κ1) is 33.8. The third-order valence-electron chi connectivity index (χ3n) is 6.48. The van der Waals surface area contributed by atoms with Gasteiger partial charge in [-0.15, -0.1) is 0 Å². The quantitative estimate of drug-likeness (QED) is 0.143. The Balaban J connectivity index is 1.60. The van der Waals surface area contributed by atoms with E-state index < -0.39 is 29.6 Å². The Morgan fingerprint density at radius 3 is 2.57 bits per heavy atom. The molecule has 0 aliphatic rings. The number of fused-ring (bicyclic) bond motifs is 2. The number of sulfone groups is 1. The molecule has 0 aliphatic heterocycles. The molecule has 0 bridgehead atoms. The van der Waals surface area contributed by atoms with Crippen LogP contribution in [-0.4, -0.2) is 76.7 Å². The molecule has 0 saturated carbocycles. The predicted molar refractivity (Wildman–Crippen MR) is 175 cm³/mol. The number of nitrogens with zero attached hydrogens (tertiary/aromatic N) is 6. The summed E-state index contributed by atoms with van der Waals surface area (Å²) in [5, 5.41) is 10.0.